The fraction of sp³-hybridized carbons (Fsp3) is 0.250. The topological polar surface area (TPSA) is 77.2 Å². The van der Waals surface area contributed by atoms with E-state index in [9.17, 15) is 4.79 Å². The molecule has 6 heteroatoms. The molecule has 0 aliphatic carbocycles. The number of ether oxygens (including phenoxy) is 1. The molecule has 94 valence electrons. The summed E-state index contributed by atoms with van der Waals surface area (Å²) in [5, 5.41) is 3.09. The lowest BCUT2D eigenvalue weighted by Gasteiger charge is -2.11. The molecule has 0 aromatic carbocycles. The van der Waals surface area contributed by atoms with Crippen molar-refractivity contribution in [3.8, 4) is 0 Å². The Morgan fingerprint density at radius 2 is 2.33 bits per heavy atom. The van der Waals surface area contributed by atoms with Gasteiger partial charge in [0.25, 0.3) is 0 Å². The van der Waals surface area contributed by atoms with E-state index in [1.54, 1.807) is 6.26 Å². The fourth-order valence-corrected chi connectivity index (χ4v) is 1.47. The molecule has 0 fully saturated rings. The number of esters is 1. The van der Waals surface area contributed by atoms with Crippen LogP contribution in [0.3, 0.4) is 0 Å². The van der Waals surface area contributed by atoms with Crippen molar-refractivity contribution in [2.75, 3.05) is 12.4 Å². The number of anilines is 1. The summed E-state index contributed by atoms with van der Waals surface area (Å²) in [6.07, 6.45) is 4.49. The smallest absolute Gasteiger partial charge is 0.358 e. The number of furan rings is 1. The van der Waals surface area contributed by atoms with Gasteiger partial charge in [-0.3, -0.25) is 4.98 Å². The maximum atomic E-state index is 11.3. The van der Waals surface area contributed by atoms with Gasteiger partial charge in [-0.25, -0.2) is 9.78 Å². The largest absolute Gasteiger partial charge is 0.467 e. The van der Waals surface area contributed by atoms with Crippen LogP contribution in [0.2, 0.25) is 0 Å². The van der Waals surface area contributed by atoms with Crippen molar-refractivity contribution in [2.45, 2.75) is 13.0 Å². The Morgan fingerprint density at radius 3 is 3.00 bits per heavy atom. The minimum Gasteiger partial charge on any atom is -0.467 e. The van der Waals surface area contributed by atoms with Crippen LogP contribution in [0.5, 0.6) is 0 Å². The van der Waals surface area contributed by atoms with Crippen LogP contribution in [-0.2, 0) is 4.74 Å². The molecule has 2 rings (SSSR count). The molecule has 2 heterocycles. The van der Waals surface area contributed by atoms with E-state index in [2.05, 4.69) is 20.0 Å². The first kappa shape index (κ1) is 12.1. The number of nitrogens with zero attached hydrogens (tertiary/aromatic N) is 2. The molecule has 1 N–H and O–H groups in total. The third kappa shape index (κ3) is 2.65. The highest BCUT2D eigenvalue weighted by Gasteiger charge is 2.12. The van der Waals surface area contributed by atoms with Gasteiger partial charge in [0, 0.05) is 0 Å². The SMILES string of the molecule is COC(=O)c1cncc(NC(C)c2ccco2)n1. The quantitative estimate of drug-likeness (QED) is 0.833. The molecule has 0 saturated heterocycles. The molecule has 0 spiro atoms. The Bertz CT molecular complexity index is 525. The maximum Gasteiger partial charge on any atom is 0.358 e. The van der Waals surface area contributed by atoms with Gasteiger partial charge in [0.1, 0.15) is 11.6 Å². The number of carbonyl (C=O) groups excluding carboxylic acids is 1. The van der Waals surface area contributed by atoms with Crippen LogP contribution in [0.15, 0.2) is 35.2 Å². The van der Waals surface area contributed by atoms with Gasteiger partial charge >= 0.3 is 5.97 Å². The number of hydrogen-bond donors (Lipinski definition) is 1. The van der Waals surface area contributed by atoms with Crippen molar-refractivity contribution >= 4 is 11.8 Å². The summed E-state index contributed by atoms with van der Waals surface area (Å²) in [4.78, 5) is 19.3. The number of hydrogen-bond acceptors (Lipinski definition) is 6. The molecule has 0 radical (unpaired) electrons. The van der Waals surface area contributed by atoms with Crippen molar-refractivity contribution < 1.29 is 13.9 Å². The van der Waals surface area contributed by atoms with Gasteiger partial charge in [0.05, 0.1) is 31.8 Å². The van der Waals surface area contributed by atoms with Crippen LogP contribution >= 0.6 is 0 Å². The molecule has 0 aliphatic heterocycles. The lowest BCUT2D eigenvalue weighted by molar-refractivity contribution is 0.0593. The summed E-state index contributed by atoms with van der Waals surface area (Å²) >= 11 is 0. The number of aromatic nitrogens is 2. The molecule has 1 atom stereocenters. The van der Waals surface area contributed by atoms with Gasteiger partial charge in [-0.1, -0.05) is 0 Å². The van der Waals surface area contributed by atoms with Crippen LogP contribution in [0.25, 0.3) is 0 Å². The molecular weight excluding hydrogens is 234 g/mol. The lowest BCUT2D eigenvalue weighted by atomic mass is 10.2. The van der Waals surface area contributed by atoms with Gasteiger partial charge in [-0.15, -0.1) is 0 Å². The Hall–Kier alpha value is -2.37. The Kier molecular flexibility index (Phi) is 3.57. The molecule has 0 aliphatic rings. The summed E-state index contributed by atoms with van der Waals surface area (Å²) in [6.45, 7) is 1.92. The van der Waals surface area contributed by atoms with Crippen LogP contribution in [0.1, 0.15) is 29.2 Å². The maximum absolute atomic E-state index is 11.3. The van der Waals surface area contributed by atoms with E-state index in [4.69, 9.17) is 4.42 Å². The van der Waals surface area contributed by atoms with Gasteiger partial charge in [-0.2, -0.15) is 0 Å². The van der Waals surface area contributed by atoms with Gasteiger partial charge in [0.15, 0.2) is 5.69 Å². The first-order chi connectivity index (χ1) is 8.70. The molecule has 2 aromatic rings. The van der Waals surface area contributed by atoms with Crippen LogP contribution in [0, 0.1) is 0 Å². The van der Waals surface area contributed by atoms with Crippen LogP contribution < -0.4 is 5.32 Å². The molecule has 2 aromatic heterocycles. The number of carbonyl (C=O) groups is 1. The van der Waals surface area contributed by atoms with E-state index in [-0.39, 0.29) is 11.7 Å². The molecule has 0 amide bonds. The second kappa shape index (κ2) is 5.31. The molecule has 1 unspecified atom stereocenters. The second-order valence-corrected chi connectivity index (χ2v) is 3.66. The summed E-state index contributed by atoms with van der Waals surface area (Å²) < 4.78 is 9.84. The number of nitrogens with one attached hydrogen (secondary N) is 1. The molecule has 0 saturated carbocycles. The van der Waals surface area contributed by atoms with Crippen molar-refractivity contribution in [1.29, 1.82) is 0 Å². The standard InChI is InChI=1S/C12H13N3O3/c1-8(10-4-3-5-18-10)14-11-7-13-6-9(15-11)12(16)17-2/h3-8H,1-2H3,(H,14,15). The highest BCUT2D eigenvalue weighted by Crippen LogP contribution is 2.17. The minimum atomic E-state index is -0.517. The average molecular weight is 247 g/mol. The first-order valence-electron chi connectivity index (χ1n) is 5.41. The summed E-state index contributed by atoms with van der Waals surface area (Å²) in [6, 6.07) is 3.60. The summed E-state index contributed by atoms with van der Waals surface area (Å²) in [5.41, 5.74) is 0.161. The van der Waals surface area contributed by atoms with Gasteiger partial charge < -0.3 is 14.5 Å². The Balaban J connectivity index is 2.12. The normalized spacial score (nSPS) is 11.9. The molecule has 18 heavy (non-hydrogen) atoms. The molecule has 6 nitrogen and oxygen atoms in total. The van der Waals surface area contributed by atoms with E-state index in [0.717, 1.165) is 5.76 Å². The van der Waals surface area contributed by atoms with Gasteiger partial charge in [-0.05, 0) is 19.1 Å². The van der Waals surface area contributed by atoms with Gasteiger partial charge in [0.2, 0.25) is 0 Å². The van der Waals surface area contributed by atoms with Crippen molar-refractivity contribution in [1.82, 2.24) is 9.97 Å². The van der Waals surface area contributed by atoms with Crippen LogP contribution in [-0.4, -0.2) is 23.0 Å². The predicted molar refractivity (Wildman–Crippen MR) is 64.1 cm³/mol. The highest BCUT2D eigenvalue weighted by atomic mass is 16.5. The van der Waals surface area contributed by atoms with E-state index < -0.39 is 5.97 Å². The monoisotopic (exact) mass is 247 g/mol. The molecular formula is C12H13N3O3. The summed E-state index contributed by atoms with van der Waals surface area (Å²) in [5.74, 6) is 0.749. The van der Waals surface area contributed by atoms with E-state index in [0.29, 0.717) is 5.82 Å². The average Bonchev–Trinajstić information content (AvgIpc) is 2.92. The van der Waals surface area contributed by atoms with Crippen molar-refractivity contribution in [3.05, 3.63) is 42.2 Å². The lowest BCUT2D eigenvalue weighted by Crippen LogP contribution is -2.11. The predicted octanol–water partition coefficient (Wildman–Crippen LogP) is 2.03. The molecule has 0 bridgehead atoms. The minimum absolute atomic E-state index is 0.0674. The fourth-order valence-electron chi connectivity index (χ4n) is 1.47. The van der Waals surface area contributed by atoms with E-state index >= 15 is 0 Å². The third-order valence-corrected chi connectivity index (χ3v) is 2.36. The zero-order valence-electron chi connectivity index (χ0n) is 10.1. The van der Waals surface area contributed by atoms with Crippen molar-refractivity contribution in [2.24, 2.45) is 0 Å². The Morgan fingerprint density at radius 1 is 1.50 bits per heavy atom. The van der Waals surface area contributed by atoms with E-state index in [1.165, 1.54) is 19.5 Å². The van der Waals surface area contributed by atoms with Crippen LogP contribution in [0.4, 0.5) is 5.82 Å². The number of methoxy groups -OCH3 is 1. The van der Waals surface area contributed by atoms with Crippen molar-refractivity contribution in [3.63, 3.8) is 0 Å². The van der Waals surface area contributed by atoms with E-state index in [1.807, 2.05) is 19.1 Å². The summed E-state index contributed by atoms with van der Waals surface area (Å²) in [7, 11) is 1.30. The third-order valence-electron chi connectivity index (χ3n) is 2.36. The second-order valence-electron chi connectivity index (χ2n) is 3.66. The first-order valence-corrected chi connectivity index (χ1v) is 5.41. The zero-order chi connectivity index (χ0) is 13.0. The highest BCUT2D eigenvalue weighted by molar-refractivity contribution is 5.87. The number of rotatable bonds is 4. The zero-order valence-corrected chi connectivity index (χ0v) is 10.1. The Labute approximate surface area is 104 Å².